The minimum absolute atomic E-state index is 0.264. The monoisotopic (exact) mass is 322 g/mol. The van der Waals surface area contributed by atoms with Crippen molar-refractivity contribution >= 4 is 40.2 Å². The molecule has 8 heteroatoms. The highest BCUT2D eigenvalue weighted by molar-refractivity contribution is 6.42. The second-order valence-corrected chi connectivity index (χ2v) is 5.08. The molecule has 0 aliphatic rings. The molecule has 0 saturated heterocycles. The predicted molar refractivity (Wildman–Crippen MR) is 78.4 cm³/mol. The lowest BCUT2D eigenvalue weighted by molar-refractivity contribution is -0.137. The highest BCUT2D eigenvalue weighted by Gasteiger charge is 2.17. The minimum atomic E-state index is -0.995. The fourth-order valence-electron chi connectivity index (χ4n) is 2.03. The Morgan fingerprint density at radius 1 is 1.24 bits per heavy atom. The fraction of sp³-hybridized carbons (Fsp3) is 0.0769. The van der Waals surface area contributed by atoms with Crippen LogP contribution < -0.4 is 0 Å². The number of carboxylic acid groups (broad SMARTS) is 1. The number of rotatable bonds is 3. The van der Waals surface area contributed by atoms with E-state index in [-0.39, 0.29) is 6.54 Å². The van der Waals surface area contributed by atoms with E-state index in [1.165, 1.54) is 23.2 Å². The van der Waals surface area contributed by atoms with Gasteiger partial charge in [-0.15, -0.1) is 0 Å². The normalized spacial score (nSPS) is 11.0. The number of hydrogen-bond acceptors (Lipinski definition) is 4. The molecular formula is C13H8Cl2N4O2. The lowest BCUT2D eigenvalue weighted by Gasteiger charge is -2.05. The van der Waals surface area contributed by atoms with Crippen LogP contribution in [0.2, 0.25) is 10.0 Å². The summed E-state index contributed by atoms with van der Waals surface area (Å²) in [5, 5.41) is 9.79. The molecule has 106 valence electrons. The van der Waals surface area contributed by atoms with E-state index in [9.17, 15) is 4.79 Å². The molecule has 0 atom stereocenters. The average molecular weight is 323 g/mol. The fourth-order valence-corrected chi connectivity index (χ4v) is 2.34. The van der Waals surface area contributed by atoms with E-state index >= 15 is 0 Å². The number of fused-ring (bicyclic) bond motifs is 1. The van der Waals surface area contributed by atoms with Crippen molar-refractivity contribution in [1.82, 2.24) is 19.5 Å². The van der Waals surface area contributed by atoms with Crippen LogP contribution in [-0.2, 0) is 11.3 Å². The van der Waals surface area contributed by atoms with Gasteiger partial charge >= 0.3 is 5.97 Å². The van der Waals surface area contributed by atoms with Gasteiger partial charge in [-0.05, 0) is 12.1 Å². The molecule has 0 unspecified atom stereocenters. The van der Waals surface area contributed by atoms with E-state index in [0.717, 1.165) is 0 Å². The number of hydrogen-bond donors (Lipinski definition) is 1. The summed E-state index contributed by atoms with van der Waals surface area (Å²) in [6, 6.07) is 3.19. The molecule has 3 aromatic rings. The number of halogens is 2. The first-order valence-electron chi connectivity index (χ1n) is 5.89. The van der Waals surface area contributed by atoms with Crippen molar-refractivity contribution in [3.05, 3.63) is 40.8 Å². The Bertz CT molecular complexity index is 833. The first kappa shape index (κ1) is 13.8. The summed E-state index contributed by atoms with van der Waals surface area (Å²) in [6.45, 7) is -0.264. The number of carbonyl (C=O) groups is 1. The first-order chi connectivity index (χ1) is 10.1. The maximum absolute atomic E-state index is 11.1. The van der Waals surface area contributed by atoms with Gasteiger partial charge in [0.2, 0.25) is 0 Å². The Labute approximate surface area is 129 Å². The lowest BCUT2D eigenvalue weighted by Crippen LogP contribution is -2.10. The molecule has 2 heterocycles. The summed E-state index contributed by atoms with van der Waals surface area (Å²) in [5.74, 6) is -0.593. The van der Waals surface area contributed by atoms with Gasteiger partial charge in [0, 0.05) is 12.4 Å². The van der Waals surface area contributed by atoms with Crippen LogP contribution in [0.4, 0.5) is 0 Å². The smallest absolute Gasteiger partial charge is 0.323 e. The van der Waals surface area contributed by atoms with Crippen molar-refractivity contribution in [3.8, 4) is 11.5 Å². The highest BCUT2D eigenvalue weighted by Crippen LogP contribution is 2.30. The summed E-state index contributed by atoms with van der Waals surface area (Å²) >= 11 is 12.0. The quantitative estimate of drug-likeness (QED) is 0.801. The van der Waals surface area contributed by atoms with E-state index in [1.54, 1.807) is 12.1 Å². The number of aromatic nitrogens is 4. The number of nitrogens with zero attached hydrogens (tertiary/aromatic N) is 4. The van der Waals surface area contributed by atoms with Crippen molar-refractivity contribution in [1.29, 1.82) is 0 Å². The molecule has 0 bridgehead atoms. The van der Waals surface area contributed by atoms with Crippen LogP contribution in [0, 0.1) is 0 Å². The van der Waals surface area contributed by atoms with E-state index in [2.05, 4.69) is 15.0 Å². The Kier molecular flexibility index (Phi) is 3.48. The third-order valence-electron chi connectivity index (χ3n) is 2.88. The van der Waals surface area contributed by atoms with E-state index in [1.807, 2.05) is 0 Å². The van der Waals surface area contributed by atoms with Gasteiger partial charge in [0.25, 0.3) is 0 Å². The first-order valence-corrected chi connectivity index (χ1v) is 6.65. The Morgan fingerprint density at radius 2 is 2.00 bits per heavy atom. The van der Waals surface area contributed by atoms with Gasteiger partial charge in [0.1, 0.15) is 12.2 Å². The molecule has 1 N–H and O–H groups in total. The van der Waals surface area contributed by atoms with E-state index in [4.69, 9.17) is 28.3 Å². The van der Waals surface area contributed by atoms with Crippen molar-refractivity contribution in [3.63, 3.8) is 0 Å². The molecule has 0 fully saturated rings. The summed E-state index contributed by atoms with van der Waals surface area (Å²) < 4.78 is 1.52. The number of imidazole rings is 1. The Morgan fingerprint density at radius 3 is 2.67 bits per heavy atom. The van der Waals surface area contributed by atoms with Gasteiger partial charge in [-0.1, -0.05) is 23.2 Å². The number of benzene rings is 1. The maximum atomic E-state index is 11.1. The van der Waals surface area contributed by atoms with Gasteiger partial charge in [-0.25, -0.2) is 9.97 Å². The molecule has 1 aromatic carbocycles. The Hall–Kier alpha value is -2.18. The molecule has 6 nitrogen and oxygen atoms in total. The molecule has 0 spiro atoms. The van der Waals surface area contributed by atoms with Crippen molar-refractivity contribution in [2.24, 2.45) is 0 Å². The van der Waals surface area contributed by atoms with Crippen LogP contribution in [0.15, 0.2) is 30.7 Å². The molecular weight excluding hydrogens is 315 g/mol. The SMILES string of the molecule is O=C(O)Cn1c(-c2cnccn2)nc2cc(Cl)c(Cl)cc21. The van der Waals surface area contributed by atoms with Gasteiger partial charge in [-0.2, -0.15) is 0 Å². The number of carboxylic acids is 1. The van der Waals surface area contributed by atoms with Crippen LogP contribution in [0.5, 0.6) is 0 Å². The van der Waals surface area contributed by atoms with Gasteiger partial charge in [0.15, 0.2) is 5.82 Å². The van der Waals surface area contributed by atoms with Crippen molar-refractivity contribution in [2.45, 2.75) is 6.54 Å². The second-order valence-electron chi connectivity index (χ2n) is 4.26. The molecule has 3 rings (SSSR count). The highest BCUT2D eigenvalue weighted by atomic mass is 35.5. The average Bonchev–Trinajstić information content (AvgIpc) is 2.78. The van der Waals surface area contributed by atoms with Crippen LogP contribution in [0.3, 0.4) is 0 Å². The van der Waals surface area contributed by atoms with Crippen molar-refractivity contribution in [2.75, 3.05) is 0 Å². The molecule has 0 radical (unpaired) electrons. The van der Waals surface area contributed by atoms with Crippen LogP contribution in [0.1, 0.15) is 0 Å². The zero-order chi connectivity index (χ0) is 15.0. The third kappa shape index (κ3) is 2.55. The summed E-state index contributed by atoms with van der Waals surface area (Å²) in [5.41, 5.74) is 1.60. The second kappa shape index (κ2) is 5.31. The summed E-state index contributed by atoms with van der Waals surface area (Å²) in [4.78, 5) is 23.6. The molecule has 0 aliphatic carbocycles. The zero-order valence-corrected chi connectivity index (χ0v) is 12.0. The van der Waals surface area contributed by atoms with Gasteiger partial charge < -0.3 is 9.67 Å². The molecule has 0 aliphatic heterocycles. The molecule has 21 heavy (non-hydrogen) atoms. The topological polar surface area (TPSA) is 80.9 Å². The lowest BCUT2D eigenvalue weighted by atomic mass is 10.3. The van der Waals surface area contributed by atoms with Crippen LogP contribution in [0.25, 0.3) is 22.6 Å². The maximum Gasteiger partial charge on any atom is 0.323 e. The standard InChI is InChI=1S/C13H8Cl2N4O2/c14-7-3-9-11(4-8(7)15)19(6-12(20)21)13(18-9)10-5-16-1-2-17-10/h1-5H,6H2,(H,20,21). The zero-order valence-electron chi connectivity index (χ0n) is 10.5. The minimum Gasteiger partial charge on any atom is -0.480 e. The van der Waals surface area contributed by atoms with Gasteiger partial charge in [-0.3, -0.25) is 9.78 Å². The summed E-state index contributed by atoms with van der Waals surface area (Å²) in [7, 11) is 0. The van der Waals surface area contributed by atoms with Crippen LogP contribution >= 0.6 is 23.2 Å². The van der Waals surface area contributed by atoms with Gasteiger partial charge in [0.05, 0.1) is 27.3 Å². The predicted octanol–water partition coefficient (Wildman–Crippen LogP) is 2.88. The largest absolute Gasteiger partial charge is 0.480 e. The van der Waals surface area contributed by atoms with E-state index in [0.29, 0.717) is 32.6 Å². The molecule has 0 saturated carbocycles. The molecule has 2 aromatic heterocycles. The van der Waals surface area contributed by atoms with Crippen molar-refractivity contribution < 1.29 is 9.90 Å². The Balaban J connectivity index is 2.30. The third-order valence-corrected chi connectivity index (χ3v) is 3.60. The number of aliphatic carboxylic acids is 1. The molecule has 0 amide bonds. The van der Waals surface area contributed by atoms with E-state index < -0.39 is 5.97 Å². The van der Waals surface area contributed by atoms with Crippen LogP contribution in [-0.4, -0.2) is 30.6 Å². The summed E-state index contributed by atoms with van der Waals surface area (Å²) in [6.07, 6.45) is 4.56.